The largest absolute Gasteiger partial charge is 0.327 e. The second-order valence-corrected chi connectivity index (χ2v) is 11.0. The summed E-state index contributed by atoms with van der Waals surface area (Å²) in [6, 6.07) is 5.51. The minimum Gasteiger partial charge on any atom is -0.327 e. The Balaban J connectivity index is 1.34. The normalized spacial score (nSPS) is 19.3. The zero-order valence-corrected chi connectivity index (χ0v) is 18.7. The zero-order chi connectivity index (χ0) is 22.3. The predicted molar refractivity (Wildman–Crippen MR) is 119 cm³/mol. The van der Waals surface area contributed by atoms with Gasteiger partial charge in [0.1, 0.15) is 17.4 Å². The summed E-state index contributed by atoms with van der Waals surface area (Å²) in [6.07, 6.45) is 7.19. The summed E-state index contributed by atoms with van der Waals surface area (Å²) in [4.78, 5) is 19.4. The van der Waals surface area contributed by atoms with Gasteiger partial charge in [0.2, 0.25) is 5.91 Å². The molecular weight excluding hydrogens is 451 g/mol. The summed E-state index contributed by atoms with van der Waals surface area (Å²) in [5, 5.41) is 8.26. The van der Waals surface area contributed by atoms with Crippen LogP contribution in [0.4, 0.5) is 4.39 Å². The van der Waals surface area contributed by atoms with Crippen molar-refractivity contribution >= 4 is 27.1 Å². The van der Waals surface area contributed by atoms with Gasteiger partial charge in [0.05, 0.1) is 30.2 Å². The van der Waals surface area contributed by atoms with E-state index in [1.54, 1.807) is 35.5 Å². The molecule has 1 amide bonds. The highest BCUT2D eigenvalue weighted by molar-refractivity contribution is 7.94. The van der Waals surface area contributed by atoms with Crippen molar-refractivity contribution in [1.82, 2.24) is 19.7 Å². The lowest BCUT2D eigenvalue weighted by atomic mass is 10.1. The fourth-order valence-electron chi connectivity index (χ4n) is 3.72. The van der Waals surface area contributed by atoms with Crippen LogP contribution in [0.3, 0.4) is 0 Å². The molecule has 10 heteroatoms. The molecule has 0 radical (unpaired) electrons. The van der Waals surface area contributed by atoms with E-state index in [0.29, 0.717) is 5.92 Å². The number of halogens is 1. The molecule has 5 rings (SSSR count). The monoisotopic (exact) mass is 472 g/mol. The minimum atomic E-state index is -3.32. The van der Waals surface area contributed by atoms with Gasteiger partial charge in [-0.2, -0.15) is 5.10 Å². The molecule has 0 spiro atoms. The third kappa shape index (κ3) is 4.66. The van der Waals surface area contributed by atoms with E-state index in [-0.39, 0.29) is 30.6 Å². The number of carbonyl (C=O) groups is 1. The number of hydrogen-bond donors (Lipinski definition) is 0. The fraction of sp³-hybridized carbons (Fsp3) is 0.318. The van der Waals surface area contributed by atoms with Crippen LogP contribution >= 0.6 is 11.3 Å². The molecule has 32 heavy (non-hydrogen) atoms. The van der Waals surface area contributed by atoms with Crippen molar-refractivity contribution in [2.75, 3.05) is 5.75 Å². The topological polar surface area (TPSA) is 85.2 Å². The lowest BCUT2D eigenvalue weighted by molar-refractivity contribution is -0.133. The van der Waals surface area contributed by atoms with Gasteiger partial charge in [0.15, 0.2) is 9.84 Å². The Bertz CT molecular complexity index is 1280. The highest BCUT2D eigenvalue weighted by Gasteiger charge is 2.32. The van der Waals surface area contributed by atoms with Gasteiger partial charge in [-0.3, -0.25) is 9.48 Å². The fourth-order valence-corrected chi connectivity index (χ4v) is 5.90. The first-order chi connectivity index (χ1) is 15.4. The number of thiazole rings is 1. The molecule has 2 aromatic heterocycles. The highest BCUT2D eigenvalue weighted by atomic mass is 32.2. The quantitative estimate of drug-likeness (QED) is 0.526. The first-order valence-electron chi connectivity index (χ1n) is 10.3. The zero-order valence-electron chi connectivity index (χ0n) is 17.1. The van der Waals surface area contributed by atoms with Gasteiger partial charge in [0.25, 0.3) is 0 Å². The number of benzene rings is 1. The Morgan fingerprint density at radius 3 is 2.69 bits per heavy atom. The van der Waals surface area contributed by atoms with Crippen molar-refractivity contribution in [3.63, 3.8) is 0 Å². The number of carbonyl (C=O) groups excluding carboxylic acids is 1. The van der Waals surface area contributed by atoms with Crippen LogP contribution in [0.5, 0.6) is 0 Å². The van der Waals surface area contributed by atoms with E-state index in [9.17, 15) is 17.6 Å². The molecule has 0 saturated heterocycles. The first-order valence-corrected chi connectivity index (χ1v) is 12.9. The standard InChI is InChI=1S/C22H21FN4O3S2/c23-18-5-3-15(4-6-18)17-9-24-26(10-17)12-22(28)27(19-7-8-32(29,30)14-19)11-21-25-20(13-31-21)16-1-2-16/h3-10,13,16,19H,1-2,11-12,14H2. The smallest absolute Gasteiger partial charge is 0.245 e. The molecule has 1 aliphatic carbocycles. The molecule has 1 fully saturated rings. The number of nitrogens with zero attached hydrogens (tertiary/aromatic N) is 4. The molecule has 0 bridgehead atoms. The van der Waals surface area contributed by atoms with E-state index in [1.165, 1.54) is 33.6 Å². The number of hydrogen-bond acceptors (Lipinski definition) is 6. The molecule has 1 atom stereocenters. The summed E-state index contributed by atoms with van der Waals surface area (Å²) < 4.78 is 38.7. The van der Waals surface area contributed by atoms with Crippen molar-refractivity contribution < 1.29 is 17.6 Å². The Hall–Kier alpha value is -2.85. The summed E-state index contributed by atoms with van der Waals surface area (Å²) >= 11 is 1.50. The maximum absolute atomic E-state index is 13.2. The van der Waals surface area contributed by atoms with Crippen LogP contribution < -0.4 is 0 Å². The van der Waals surface area contributed by atoms with Crippen molar-refractivity contribution in [3.8, 4) is 11.1 Å². The van der Waals surface area contributed by atoms with Gasteiger partial charge < -0.3 is 4.90 Å². The van der Waals surface area contributed by atoms with E-state index in [4.69, 9.17) is 0 Å². The van der Waals surface area contributed by atoms with Crippen molar-refractivity contribution in [2.24, 2.45) is 0 Å². The van der Waals surface area contributed by atoms with E-state index >= 15 is 0 Å². The summed E-state index contributed by atoms with van der Waals surface area (Å²) in [6.45, 7) is 0.222. The number of sulfone groups is 1. The van der Waals surface area contributed by atoms with E-state index in [1.807, 2.05) is 5.38 Å². The van der Waals surface area contributed by atoms with Crippen LogP contribution in [0.25, 0.3) is 11.1 Å². The molecule has 2 aliphatic rings. The maximum Gasteiger partial charge on any atom is 0.245 e. The molecule has 0 N–H and O–H groups in total. The first kappa shape index (κ1) is 21.0. The average molecular weight is 473 g/mol. The maximum atomic E-state index is 13.2. The molecule has 1 saturated carbocycles. The Labute approximate surface area is 189 Å². The third-order valence-corrected chi connectivity index (χ3v) is 7.84. The molecule has 1 aromatic carbocycles. The van der Waals surface area contributed by atoms with E-state index in [2.05, 4.69) is 10.1 Å². The lowest BCUT2D eigenvalue weighted by Gasteiger charge is -2.26. The van der Waals surface area contributed by atoms with Gasteiger partial charge in [0, 0.05) is 28.5 Å². The predicted octanol–water partition coefficient (Wildman–Crippen LogP) is 3.36. The lowest BCUT2D eigenvalue weighted by Crippen LogP contribution is -2.42. The Morgan fingerprint density at radius 2 is 2.00 bits per heavy atom. The van der Waals surface area contributed by atoms with Crippen LogP contribution in [-0.2, 0) is 27.7 Å². The van der Waals surface area contributed by atoms with Crippen LogP contribution in [0, 0.1) is 5.82 Å². The van der Waals surface area contributed by atoms with Gasteiger partial charge in [-0.1, -0.05) is 12.1 Å². The minimum absolute atomic E-state index is 0.0353. The van der Waals surface area contributed by atoms with E-state index in [0.717, 1.165) is 34.7 Å². The molecule has 166 valence electrons. The SMILES string of the molecule is O=C(Cn1cc(-c2ccc(F)cc2)cn1)N(Cc1nc(C2CC2)cs1)C1C=CS(=O)(=O)C1. The van der Waals surface area contributed by atoms with Gasteiger partial charge in [-0.05, 0) is 36.6 Å². The summed E-state index contributed by atoms with van der Waals surface area (Å²) in [7, 11) is -3.32. The van der Waals surface area contributed by atoms with Crippen molar-refractivity contribution in [1.29, 1.82) is 0 Å². The van der Waals surface area contributed by atoms with Crippen LogP contribution in [0.15, 0.2) is 53.5 Å². The number of rotatable bonds is 7. The van der Waals surface area contributed by atoms with Crippen molar-refractivity contribution in [3.05, 3.63) is 70.0 Å². The summed E-state index contributed by atoms with van der Waals surface area (Å²) in [5.74, 6) is -0.170. The van der Waals surface area contributed by atoms with Gasteiger partial charge in [-0.25, -0.2) is 17.8 Å². The van der Waals surface area contributed by atoms with Crippen LogP contribution in [0.1, 0.15) is 29.5 Å². The second-order valence-electron chi connectivity index (χ2n) is 8.12. The highest BCUT2D eigenvalue weighted by Crippen LogP contribution is 2.40. The van der Waals surface area contributed by atoms with Crippen molar-refractivity contribution in [2.45, 2.75) is 37.9 Å². The number of aromatic nitrogens is 3. The molecule has 3 aromatic rings. The molecular formula is C22H21FN4O3S2. The third-order valence-electron chi connectivity index (χ3n) is 5.61. The van der Waals surface area contributed by atoms with Gasteiger partial charge in [-0.15, -0.1) is 11.3 Å². The van der Waals surface area contributed by atoms with E-state index < -0.39 is 15.9 Å². The second kappa shape index (κ2) is 8.25. The van der Waals surface area contributed by atoms with Crippen LogP contribution in [0.2, 0.25) is 0 Å². The summed E-state index contributed by atoms with van der Waals surface area (Å²) in [5.41, 5.74) is 2.62. The molecule has 3 heterocycles. The Kier molecular flexibility index (Phi) is 5.42. The molecule has 1 aliphatic heterocycles. The molecule has 1 unspecified atom stereocenters. The molecule has 7 nitrogen and oxygen atoms in total. The Morgan fingerprint density at radius 1 is 1.22 bits per heavy atom. The van der Waals surface area contributed by atoms with Crippen LogP contribution in [-0.4, -0.2) is 45.8 Å². The average Bonchev–Trinajstić information content (AvgIpc) is 3.15. The van der Waals surface area contributed by atoms with Gasteiger partial charge >= 0.3 is 0 Å². The number of amides is 1.